The molecular weight excluding hydrogens is 684 g/mol. The highest BCUT2D eigenvalue weighted by Gasteiger charge is 2.50. The fourth-order valence-electron chi connectivity index (χ4n) is 7.64. The predicted molar refractivity (Wildman–Crippen MR) is 170 cm³/mol. The third kappa shape index (κ3) is 9.57. The Labute approximate surface area is 298 Å². The van der Waals surface area contributed by atoms with Crippen LogP contribution in [0.15, 0.2) is 0 Å². The molecule has 51 heavy (non-hydrogen) atoms. The van der Waals surface area contributed by atoms with Gasteiger partial charge < -0.3 is 87.5 Å². The third-order valence-corrected chi connectivity index (χ3v) is 10.5. The quantitative estimate of drug-likeness (QED) is 0.130. The van der Waals surface area contributed by atoms with Crippen LogP contribution in [0.3, 0.4) is 0 Å². The van der Waals surface area contributed by atoms with Gasteiger partial charge in [0, 0.05) is 47.0 Å². The van der Waals surface area contributed by atoms with E-state index in [0.717, 1.165) is 0 Å². The molecular formula is C33H58O18. The first-order chi connectivity index (χ1) is 24.3. The first-order valence-electron chi connectivity index (χ1n) is 17.8. The smallest absolute Gasteiger partial charge is 0.187 e. The summed E-state index contributed by atoms with van der Waals surface area (Å²) in [5, 5.41) is 61.4. The fourth-order valence-corrected chi connectivity index (χ4v) is 7.64. The van der Waals surface area contributed by atoms with Gasteiger partial charge in [0.1, 0.15) is 48.8 Å². The molecule has 0 aliphatic carbocycles. The molecule has 5 saturated heterocycles. The molecule has 5 heterocycles. The second-order valence-corrected chi connectivity index (χ2v) is 14.0. The van der Waals surface area contributed by atoms with E-state index in [9.17, 15) is 30.6 Å². The van der Waals surface area contributed by atoms with Crippen molar-refractivity contribution in [1.82, 2.24) is 0 Å². The van der Waals surface area contributed by atoms with Gasteiger partial charge in [0.2, 0.25) is 0 Å². The van der Waals surface area contributed by atoms with E-state index in [1.54, 1.807) is 35.0 Å². The topological polar surface area (TPSA) is 232 Å². The van der Waals surface area contributed by atoms with E-state index < -0.39 is 136 Å². The molecule has 0 spiro atoms. The summed E-state index contributed by atoms with van der Waals surface area (Å²) in [6.45, 7) is 6.56. The molecule has 18 nitrogen and oxygen atoms in total. The summed E-state index contributed by atoms with van der Waals surface area (Å²) >= 11 is 0. The Hall–Kier alpha value is -0.720. The van der Waals surface area contributed by atoms with Crippen LogP contribution < -0.4 is 0 Å². The number of hydrogen-bond donors (Lipinski definition) is 6. The molecule has 0 aromatic heterocycles. The van der Waals surface area contributed by atoms with Crippen LogP contribution in [0.4, 0.5) is 0 Å². The van der Waals surface area contributed by atoms with Crippen molar-refractivity contribution in [3.8, 4) is 0 Å². The number of hydrogen-bond acceptors (Lipinski definition) is 18. The van der Waals surface area contributed by atoms with Gasteiger partial charge in [-0.25, -0.2) is 0 Å². The molecule has 0 amide bonds. The Balaban J connectivity index is 1.13. The Morgan fingerprint density at radius 2 is 0.922 bits per heavy atom. The van der Waals surface area contributed by atoms with Crippen molar-refractivity contribution in [2.75, 3.05) is 27.9 Å². The van der Waals surface area contributed by atoms with Crippen LogP contribution in [0.5, 0.6) is 0 Å². The maximum Gasteiger partial charge on any atom is 0.187 e. The van der Waals surface area contributed by atoms with Crippen molar-refractivity contribution in [3.05, 3.63) is 0 Å². The van der Waals surface area contributed by atoms with Gasteiger partial charge in [-0.3, -0.25) is 0 Å². The van der Waals surface area contributed by atoms with Gasteiger partial charge in [0.15, 0.2) is 31.5 Å². The van der Waals surface area contributed by atoms with Crippen LogP contribution in [0.25, 0.3) is 0 Å². The second-order valence-electron chi connectivity index (χ2n) is 14.0. The molecule has 298 valence electrons. The molecule has 5 aliphatic heterocycles. The van der Waals surface area contributed by atoms with Gasteiger partial charge in [-0.15, -0.1) is 0 Å². The van der Waals surface area contributed by atoms with Crippen molar-refractivity contribution >= 4 is 0 Å². The Morgan fingerprint density at radius 1 is 0.490 bits per heavy atom. The van der Waals surface area contributed by atoms with Crippen molar-refractivity contribution in [2.24, 2.45) is 0 Å². The third-order valence-electron chi connectivity index (χ3n) is 10.5. The minimum absolute atomic E-state index is 0.137. The average molecular weight is 743 g/mol. The highest BCUT2D eigenvalue weighted by Crippen LogP contribution is 2.35. The zero-order valence-corrected chi connectivity index (χ0v) is 30.2. The van der Waals surface area contributed by atoms with Gasteiger partial charge in [-0.05, 0) is 27.7 Å². The van der Waals surface area contributed by atoms with Gasteiger partial charge in [0.05, 0.1) is 55.4 Å². The maximum atomic E-state index is 11.1. The molecule has 21 atom stereocenters. The van der Waals surface area contributed by atoms with Gasteiger partial charge in [-0.1, -0.05) is 0 Å². The molecule has 0 aromatic carbocycles. The molecule has 0 unspecified atom stereocenters. The van der Waals surface area contributed by atoms with E-state index in [0.29, 0.717) is 0 Å². The van der Waals surface area contributed by atoms with E-state index in [4.69, 9.17) is 56.8 Å². The zero-order valence-electron chi connectivity index (χ0n) is 30.2. The van der Waals surface area contributed by atoms with E-state index >= 15 is 0 Å². The molecule has 18 heteroatoms. The van der Waals surface area contributed by atoms with Crippen LogP contribution in [-0.2, 0) is 56.8 Å². The first kappa shape index (κ1) is 41.4. The largest absolute Gasteiger partial charge is 0.394 e. The summed E-state index contributed by atoms with van der Waals surface area (Å²) in [6.07, 6.45) is -16.5. The van der Waals surface area contributed by atoms with Crippen LogP contribution in [0.1, 0.15) is 53.4 Å². The minimum atomic E-state index is -1.58. The van der Waals surface area contributed by atoms with E-state index in [2.05, 4.69) is 0 Å². The fraction of sp³-hybridized carbons (Fsp3) is 1.00. The molecule has 5 aliphatic rings. The average Bonchev–Trinajstić information content (AvgIpc) is 3.09. The molecule has 0 saturated carbocycles. The molecule has 0 bridgehead atoms. The Kier molecular flexibility index (Phi) is 14.9. The van der Waals surface area contributed by atoms with E-state index in [1.165, 1.54) is 7.11 Å². The van der Waals surface area contributed by atoms with Gasteiger partial charge >= 0.3 is 0 Å². The minimum Gasteiger partial charge on any atom is -0.394 e. The standard InChI is InChI=1S/C33H58O18/c1-13-29(17(35)8-23(44-13)49-30-14(2)43-22(36)9-18(30)40-5)48-24-10-19(41-6)31(15(3)45-24)50-25-11-20(42-7)32(16(4)46-25)51-33-28(39)27(38)26(37)21(12-34)47-33/h13-39H,8-12H2,1-7H3/t13-,14-,15-,16-,17+,18+,19-,20-,21-,22-,23+,24+,25+,26-,27+,28-,29-,30+,31-,32+,33+/m1/s1. The summed E-state index contributed by atoms with van der Waals surface area (Å²) in [6, 6.07) is 0. The van der Waals surface area contributed by atoms with Crippen LogP contribution in [-0.4, -0.2) is 188 Å². The van der Waals surface area contributed by atoms with Crippen molar-refractivity contribution in [2.45, 2.75) is 182 Å². The van der Waals surface area contributed by atoms with E-state index in [-0.39, 0.29) is 25.7 Å². The molecule has 5 rings (SSSR count). The summed E-state index contributed by atoms with van der Waals surface area (Å²) < 4.78 is 71.4. The van der Waals surface area contributed by atoms with Crippen LogP contribution in [0, 0.1) is 0 Å². The molecule has 0 aromatic rings. The van der Waals surface area contributed by atoms with Crippen LogP contribution >= 0.6 is 0 Å². The van der Waals surface area contributed by atoms with Gasteiger partial charge in [-0.2, -0.15) is 0 Å². The van der Waals surface area contributed by atoms with Crippen molar-refractivity contribution in [1.29, 1.82) is 0 Å². The lowest BCUT2D eigenvalue weighted by atomic mass is 9.98. The van der Waals surface area contributed by atoms with Crippen molar-refractivity contribution in [3.63, 3.8) is 0 Å². The Bertz CT molecular complexity index is 1050. The van der Waals surface area contributed by atoms with Gasteiger partial charge in [0.25, 0.3) is 0 Å². The van der Waals surface area contributed by atoms with E-state index in [1.807, 2.05) is 6.92 Å². The maximum absolute atomic E-state index is 11.1. The summed E-state index contributed by atoms with van der Waals surface area (Å²) in [5.41, 5.74) is 0. The molecule has 6 N–H and O–H groups in total. The highest BCUT2D eigenvalue weighted by atomic mass is 16.8. The number of aliphatic hydroxyl groups excluding tert-OH is 6. The molecule has 0 radical (unpaired) electrons. The summed E-state index contributed by atoms with van der Waals surface area (Å²) in [5.74, 6) is 0. The number of aliphatic hydroxyl groups is 6. The predicted octanol–water partition coefficient (Wildman–Crippen LogP) is -1.74. The lowest BCUT2D eigenvalue weighted by Crippen LogP contribution is -2.62. The normalized spacial score (nSPS) is 51.4. The monoisotopic (exact) mass is 742 g/mol. The second kappa shape index (κ2) is 18.3. The first-order valence-corrected chi connectivity index (χ1v) is 17.8. The number of ether oxygens (including phenoxy) is 12. The zero-order chi connectivity index (χ0) is 37.1. The number of rotatable bonds is 12. The SMILES string of the molecule is CO[C@H]1C[C@H](O)O[C@H](C)[C@@H]1O[C@H]1C[C@H](O)[C@H](O[C@H]2C[C@@H](OC)[C@H](O[C@H]3C[C@@H](OC)[C@@H](O[C@@H]4O[C@H](CO)[C@@H](O)[C@H](O)[C@H]4O)[C@@H](C)O3)[C@@H](C)O2)[C@@H](C)O1. The Morgan fingerprint density at radius 3 is 1.41 bits per heavy atom. The highest BCUT2D eigenvalue weighted by molar-refractivity contribution is 4.93. The summed E-state index contributed by atoms with van der Waals surface area (Å²) in [7, 11) is 4.61. The van der Waals surface area contributed by atoms with Crippen molar-refractivity contribution < 1.29 is 87.5 Å². The number of methoxy groups -OCH3 is 3. The molecule has 5 fully saturated rings. The summed E-state index contributed by atoms with van der Waals surface area (Å²) in [4.78, 5) is 0. The lowest BCUT2D eigenvalue weighted by Gasteiger charge is -2.47. The lowest BCUT2D eigenvalue weighted by molar-refractivity contribution is -0.358. The van der Waals surface area contributed by atoms with Crippen LogP contribution in [0.2, 0.25) is 0 Å².